The van der Waals surface area contributed by atoms with Crippen LogP contribution in [0.3, 0.4) is 0 Å². The van der Waals surface area contributed by atoms with Gasteiger partial charge in [-0.15, -0.1) is 0 Å². The lowest BCUT2D eigenvalue weighted by Gasteiger charge is -2.34. The zero-order valence-electron chi connectivity index (χ0n) is 15.3. The summed E-state index contributed by atoms with van der Waals surface area (Å²) in [4.78, 5) is 28.2. The lowest BCUT2D eigenvalue weighted by molar-refractivity contribution is 0.0530. The van der Waals surface area contributed by atoms with Gasteiger partial charge in [0.1, 0.15) is 17.1 Å². The van der Waals surface area contributed by atoms with E-state index in [4.69, 9.17) is 14.2 Å². The van der Waals surface area contributed by atoms with Gasteiger partial charge in [0.05, 0.1) is 20.8 Å². The smallest absolute Gasteiger partial charge is 0.409 e. The molecule has 25 heavy (non-hydrogen) atoms. The Labute approximate surface area is 148 Å². The van der Waals surface area contributed by atoms with Gasteiger partial charge < -0.3 is 24.0 Å². The number of hydrogen-bond acceptors (Lipinski definition) is 5. The number of ether oxygens (including phenoxy) is 3. The first-order chi connectivity index (χ1) is 12.0. The van der Waals surface area contributed by atoms with Crippen LogP contribution in [0.4, 0.5) is 4.79 Å². The maximum atomic E-state index is 12.9. The SMILES string of the molecule is COc1cccc(OC)c1C(=O)N1CCN(C(=O)OCC(C)C)CC1. The molecule has 0 saturated carbocycles. The largest absolute Gasteiger partial charge is 0.496 e. The van der Waals surface area contributed by atoms with E-state index in [-0.39, 0.29) is 12.0 Å². The van der Waals surface area contributed by atoms with E-state index in [1.54, 1.807) is 28.0 Å². The molecule has 2 amide bonds. The summed E-state index contributed by atoms with van der Waals surface area (Å²) in [5, 5.41) is 0. The third-order valence-corrected chi connectivity index (χ3v) is 4.01. The summed E-state index contributed by atoms with van der Waals surface area (Å²) in [6, 6.07) is 5.24. The van der Waals surface area contributed by atoms with Crippen molar-refractivity contribution in [3.8, 4) is 11.5 Å². The number of amides is 2. The van der Waals surface area contributed by atoms with Gasteiger partial charge in [-0.2, -0.15) is 0 Å². The van der Waals surface area contributed by atoms with E-state index in [1.807, 2.05) is 13.8 Å². The molecule has 0 atom stereocenters. The Morgan fingerprint density at radius 1 is 1.00 bits per heavy atom. The molecule has 0 aromatic heterocycles. The minimum Gasteiger partial charge on any atom is -0.496 e. The Morgan fingerprint density at radius 3 is 2.00 bits per heavy atom. The molecule has 0 radical (unpaired) electrons. The summed E-state index contributed by atoms with van der Waals surface area (Å²) < 4.78 is 15.8. The molecule has 0 bridgehead atoms. The second-order valence-electron chi connectivity index (χ2n) is 6.29. The minimum atomic E-state index is -0.323. The summed E-state index contributed by atoms with van der Waals surface area (Å²) >= 11 is 0. The number of nitrogens with zero attached hydrogens (tertiary/aromatic N) is 2. The predicted octanol–water partition coefficient (Wildman–Crippen LogP) is 2.25. The number of carbonyl (C=O) groups excluding carboxylic acids is 2. The molecule has 138 valence electrons. The van der Waals surface area contributed by atoms with Crippen molar-refractivity contribution in [3.05, 3.63) is 23.8 Å². The molecule has 0 N–H and O–H groups in total. The Balaban J connectivity index is 2.01. The predicted molar refractivity (Wildman–Crippen MR) is 93.2 cm³/mol. The third kappa shape index (κ3) is 4.55. The van der Waals surface area contributed by atoms with Gasteiger partial charge in [0, 0.05) is 26.2 Å². The summed E-state index contributed by atoms with van der Waals surface area (Å²) in [7, 11) is 3.04. The van der Waals surface area contributed by atoms with Gasteiger partial charge in [0.15, 0.2) is 0 Å². The lowest BCUT2D eigenvalue weighted by atomic mass is 10.1. The van der Waals surface area contributed by atoms with Crippen molar-refractivity contribution in [1.29, 1.82) is 0 Å². The van der Waals surface area contributed by atoms with Crippen LogP contribution in [0.2, 0.25) is 0 Å². The average molecular weight is 350 g/mol. The summed E-state index contributed by atoms with van der Waals surface area (Å²) in [5.41, 5.74) is 0.406. The van der Waals surface area contributed by atoms with E-state index >= 15 is 0 Å². The minimum absolute atomic E-state index is 0.163. The van der Waals surface area contributed by atoms with Crippen molar-refractivity contribution >= 4 is 12.0 Å². The number of rotatable bonds is 5. The Bertz CT molecular complexity index is 587. The fraction of sp³-hybridized carbons (Fsp3) is 0.556. The average Bonchev–Trinajstić information content (AvgIpc) is 2.64. The third-order valence-electron chi connectivity index (χ3n) is 4.01. The topological polar surface area (TPSA) is 68.3 Å². The van der Waals surface area contributed by atoms with Gasteiger partial charge in [0.25, 0.3) is 5.91 Å². The van der Waals surface area contributed by atoms with Crippen molar-refractivity contribution < 1.29 is 23.8 Å². The first-order valence-electron chi connectivity index (χ1n) is 8.39. The van der Waals surface area contributed by atoms with Crippen LogP contribution in [0.15, 0.2) is 18.2 Å². The van der Waals surface area contributed by atoms with E-state index in [1.165, 1.54) is 14.2 Å². The molecule has 1 aliphatic heterocycles. The molecular weight excluding hydrogens is 324 g/mol. The van der Waals surface area contributed by atoms with Crippen LogP contribution < -0.4 is 9.47 Å². The van der Waals surface area contributed by atoms with E-state index < -0.39 is 0 Å². The summed E-state index contributed by atoms with van der Waals surface area (Å²) in [5.74, 6) is 1.08. The van der Waals surface area contributed by atoms with Crippen molar-refractivity contribution in [3.63, 3.8) is 0 Å². The van der Waals surface area contributed by atoms with Crippen LogP contribution in [0, 0.1) is 5.92 Å². The van der Waals surface area contributed by atoms with Gasteiger partial charge in [0.2, 0.25) is 0 Å². The molecule has 1 aromatic rings. The highest BCUT2D eigenvalue weighted by Crippen LogP contribution is 2.29. The molecule has 0 aliphatic carbocycles. The van der Waals surface area contributed by atoms with Crippen LogP contribution in [0.1, 0.15) is 24.2 Å². The number of carbonyl (C=O) groups is 2. The van der Waals surface area contributed by atoms with Crippen LogP contribution in [-0.2, 0) is 4.74 Å². The summed E-state index contributed by atoms with van der Waals surface area (Å²) in [6.07, 6.45) is -0.323. The monoisotopic (exact) mass is 350 g/mol. The highest BCUT2D eigenvalue weighted by Gasteiger charge is 2.29. The number of hydrogen-bond donors (Lipinski definition) is 0. The highest BCUT2D eigenvalue weighted by atomic mass is 16.6. The van der Waals surface area contributed by atoms with Gasteiger partial charge in [-0.05, 0) is 18.1 Å². The van der Waals surface area contributed by atoms with Gasteiger partial charge in [-0.3, -0.25) is 4.79 Å². The number of piperazine rings is 1. The molecular formula is C18H26N2O5. The lowest BCUT2D eigenvalue weighted by Crippen LogP contribution is -2.51. The molecule has 7 heteroatoms. The fourth-order valence-corrected chi connectivity index (χ4v) is 2.64. The molecule has 0 spiro atoms. The second kappa shape index (κ2) is 8.60. The van der Waals surface area contributed by atoms with E-state index in [0.717, 1.165) is 0 Å². The molecule has 0 unspecified atom stereocenters. The first kappa shape index (κ1) is 18.9. The van der Waals surface area contributed by atoms with Crippen molar-refractivity contribution in [2.75, 3.05) is 47.0 Å². The quantitative estimate of drug-likeness (QED) is 0.815. The van der Waals surface area contributed by atoms with Crippen molar-refractivity contribution in [2.45, 2.75) is 13.8 Å². The maximum Gasteiger partial charge on any atom is 0.409 e. The van der Waals surface area contributed by atoms with Gasteiger partial charge in [-0.25, -0.2) is 4.79 Å². The normalized spacial score (nSPS) is 14.4. The van der Waals surface area contributed by atoms with Crippen LogP contribution in [0.5, 0.6) is 11.5 Å². The van der Waals surface area contributed by atoms with Gasteiger partial charge in [-0.1, -0.05) is 19.9 Å². The van der Waals surface area contributed by atoms with Crippen molar-refractivity contribution in [1.82, 2.24) is 9.80 Å². The molecule has 1 aliphatic rings. The Morgan fingerprint density at radius 2 is 1.52 bits per heavy atom. The van der Waals surface area contributed by atoms with Crippen LogP contribution in [0.25, 0.3) is 0 Å². The van der Waals surface area contributed by atoms with Crippen molar-refractivity contribution in [2.24, 2.45) is 5.92 Å². The van der Waals surface area contributed by atoms with E-state index in [2.05, 4.69) is 0 Å². The molecule has 1 aromatic carbocycles. The van der Waals surface area contributed by atoms with E-state index in [0.29, 0.717) is 55.8 Å². The zero-order valence-corrected chi connectivity index (χ0v) is 15.3. The van der Waals surface area contributed by atoms with Crippen LogP contribution in [-0.4, -0.2) is 68.8 Å². The molecule has 1 saturated heterocycles. The second-order valence-corrected chi connectivity index (χ2v) is 6.29. The Hall–Kier alpha value is -2.44. The number of methoxy groups -OCH3 is 2. The molecule has 1 fully saturated rings. The number of benzene rings is 1. The highest BCUT2D eigenvalue weighted by molar-refractivity contribution is 5.99. The standard InChI is InChI=1S/C18H26N2O5/c1-13(2)12-25-18(22)20-10-8-19(9-11-20)17(21)16-14(23-3)6-5-7-15(16)24-4/h5-7,13H,8-12H2,1-4H3. The molecule has 2 rings (SSSR count). The zero-order chi connectivity index (χ0) is 18.4. The Kier molecular flexibility index (Phi) is 6.50. The fourth-order valence-electron chi connectivity index (χ4n) is 2.64. The van der Waals surface area contributed by atoms with Gasteiger partial charge >= 0.3 is 6.09 Å². The summed E-state index contributed by atoms with van der Waals surface area (Å²) in [6.45, 7) is 6.15. The van der Waals surface area contributed by atoms with E-state index in [9.17, 15) is 9.59 Å². The molecule has 7 nitrogen and oxygen atoms in total. The van der Waals surface area contributed by atoms with Crippen LogP contribution >= 0.6 is 0 Å². The maximum absolute atomic E-state index is 12.9. The first-order valence-corrected chi connectivity index (χ1v) is 8.39. The molecule has 1 heterocycles.